The summed E-state index contributed by atoms with van der Waals surface area (Å²) in [5.74, 6) is -0.741. The number of hydrogen-bond acceptors (Lipinski definition) is 3. The third-order valence-electron chi connectivity index (χ3n) is 5.60. The van der Waals surface area contributed by atoms with Crippen LogP contribution in [0.1, 0.15) is 15.9 Å². The number of benzene rings is 2. The molecule has 0 atom stereocenters. The molecule has 2 heterocycles. The zero-order valence-corrected chi connectivity index (χ0v) is 19.7. The van der Waals surface area contributed by atoms with Gasteiger partial charge >= 0.3 is 6.18 Å². The third kappa shape index (κ3) is 5.46. The highest BCUT2D eigenvalue weighted by atomic mass is 19.4. The highest BCUT2D eigenvalue weighted by molar-refractivity contribution is 5.94. The lowest BCUT2D eigenvalue weighted by atomic mass is 10.1. The molecule has 0 fully saturated rings. The normalized spacial score (nSPS) is 11.6. The highest BCUT2D eigenvalue weighted by Gasteiger charge is 2.34. The van der Waals surface area contributed by atoms with Gasteiger partial charge in [-0.1, -0.05) is 12.1 Å². The zero-order valence-electron chi connectivity index (χ0n) is 19.7. The van der Waals surface area contributed by atoms with Crippen molar-refractivity contribution >= 4 is 5.91 Å². The minimum atomic E-state index is -4.60. The fraction of sp³-hybridized carbons (Fsp3) is 0.185. The number of carbonyl (C=O) groups is 1. The monoisotopic (exact) mass is 496 g/mol. The van der Waals surface area contributed by atoms with Crippen molar-refractivity contribution in [3.8, 4) is 28.3 Å². The van der Waals surface area contributed by atoms with Crippen LogP contribution in [0.4, 0.5) is 17.6 Å². The van der Waals surface area contributed by atoms with Crippen LogP contribution in [0.3, 0.4) is 0 Å². The molecule has 2 aromatic heterocycles. The molecule has 2 aromatic carbocycles. The summed E-state index contributed by atoms with van der Waals surface area (Å²) in [7, 11) is 3.80. The third-order valence-corrected chi connectivity index (χ3v) is 5.60. The Morgan fingerprint density at radius 1 is 0.944 bits per heavy atom. The van der Waals surface area contributed by atoms with E-state index in [0.29, 0.717) is 41.3 Å². The molecule has 4 rings (SSSR count). The highest BCUT2D eigenvalue weighted by Crippen LogP contribution is 2.38. The topological polar surface area (TPSA) is 50.2 Å². The summed E-state index contributed by atoms with van der Waals surface area (Å²) >= 11 is 0. The zero-order chi connectivity index (χ0) is 25.9. The van der Waals surface area contributed by atoms with Gasteiger partial charge in [0.25, 0.3) is 5.91 Å². The fourth-order valence-corrected chi connectivity index (χ4v) is 3.83. The predicted octanol–water partition coefficient (Wildman–Crippen LogP) is 5.66. The fourth-order valence-electron chi connectivity index (χ4n) is 3.83. The number of para-hydroxylation sites is 1. The predicted molar refractivity (Wildman–Crippen MR) is 130 cm³/mol. The maximum Gasteiger partial charge on any atom is 0.418 e. The van der Waals surface area contributed by atoms with Crippen LogP contribution in [0.5, 0.6) is 0 Å². The van der Waals surface area contributed by atoms with Crippen LogP contribution >= 0.6 is 0 Å². The smallest absolute Gasteiger partial charge is 0.351 e. The van der Waals surface area contributed by atoms with Crippen molar-refractivity contribution in [1.29, 1.82) is 0 Å². The first-order valence-electron chi connectivity index (χ1n) is 11.2. The number of carbonyl (C=O) groups excluding carboxylic acids is 1. The van der Waals surface area contributed by atoms with Gasteiger partial charge in [0.15, 0.2) is 0 Å². The van der Waals surface area contributed by atoms with E-state index in [-0.39, 0.29) is 11.6 Å². The minimum Gasteiger partial charge on any atom is -0.351 e. The van der Waals surface area contributed by atoms with Gasteiger partial charge < -0.3 is 14.8 Å². The van der Waals surface area contributed by atoms with Crippen LogP contribution in [0.2, 0.25) is 0 Å². The summed E-state index contributed by atoms with van der Waals surface area (Å²) in [6.07, 6.45) is -3.20. The molecule has 0 saturated heterocycles. The molecule has 0 bridgehead atoms. The second-order valence-corrected chi connectivity index (χ2v) is 8.45. The lowest BCUT2D eigenvalue weighted by Gasteiger charge is -2.19. The molecule has 0 aliphatic rings. The van der Waals surface area contributed by atoms with E-state index in [1.807, 2.05) is 19.0 Å². The molecule has 4 aromatic rings. The number of amides is 1. The Morgan fingerprint density at radius 3 is 2.28 bits per heavy atom. The summed E-state index contributed by atoms with van der Waals surface area (Å²) in [5.41, 5.74) is 1.19. The Labute approximate surface area is 206 Å². The molecule has 5 nitrogen and oxygen atoms in total. The van der Waals surface area contributed by atoms with E-state index >= 15 is 0 Å². The second-order valence-electron chi connectivity index (χ2n) is 8.45. The van der Waals surface area contributed by atoms with E-state index in [9.17, 15) is 22.4 Å². The van der Waals surface area contributed by atoms with Crippen molar-refractivity contribution in [2.75, 3.05) is 27.2 Å². The first kappa shape index (κ1) is 25.1. The van der Waals surface area contributed by atoms with Gasteiger partial charge in [-0.25, -0.2) is 4.39 Å². The molecule has 0 saturated carbocycles. The average Bonchev–Trinajstić information content (AvgIpc) is 3.29. The number of alkyl halides is 3. The van der Waals surface area contributed by atoms with Crippen molar-refractivity contribution in [2.45, 2.75) is 6.18 Å². The van der Waals surface area contributed by atoms with Gasteiger partial charge in [0, 0.05) is 19.3 Å². The van der Waals surface area contributed by atoms with Crippen LogP contribution < -0.4 is 5.32 Å². The van der Waals surface area contributed by atoms with E-state index in [1.54, 1.807) is 24.3 Å². The van der Waals surface area contributed by atoms with Gasteiger partial charge in [-0.2, -0.15) is 13.2 Å². The molecule has 0 aliphatic heterocycles. The molecule has 36 heavy (non-hydrogen) atoms. The SMILES string of the molecule is CN(C)CCNC(=O)c1ccc(-c2ccc(-c3ccc(F)cc3)n2-c2ccccc2C(F)(F)F)nc1. The number of hydrogen-bond donors (Lipinski definition) is 1. The number of nitrogens with zero attached hydrogens (tertiary/aromatic N) is 3. The van der Waals surface area contributed by atoms with Gasteiger partial charge in [0.2, 0.25) is 0 Å². The van der Waals surface area contributed by atoms with Crippen LogP contribution in [0, 0.1) is 5.82 Å². The van der Waals surface area contributed by atoms with E-state index < -0.39 is 17.6 Å². The van der Waals surface area contributed by atoms with Crippen LogP contribution in [-0.2, 0) is 6.18 Å². The first-order valence-corrected chi connectivity index (χ1v) is 11.2. The molecule has 0 spiro atoms. The molecule has 0 radical (unpaired) electrons. The number of rotatable bonds is 7. The number of nitrogens with one attached hydrogen (secondary N) is 1. The van der Waals surface area contributed by atoms with Crippen LogP contribution in [0.25, 0.3) is 28.3 Å². The van der Waals surface area contributed by atoms with Gasteiger partial charge in [0.1, 0.15) is 5.82 Å². The number of likely N-dealkylation sites (N-methyl/N-ethyl adjacent to an activating group) is 1. The molecule has 0 unspecified atom stereocenters. The van der Waals surface area contributed by atoms with Crippen molar-refractivity contribution < 1.29 is 22.4 Å². The quantitative estimate of drug-likeness (QED) is 0.336. The largest absolute Gasteiger partial charge is 0.418 e. The molecule has 1 N–H and O–H groups in total. The van der Waals surface area contributed by atoms with Gasteiger partial charge in [-0.05, 0) is 80.3 Å². The molecular weight excluding hydrogens is 472 g/mol. The Bertz CT molecular complexity index is 1340. The minimum absolute atomic E-state index is 0.0865. The Morgan fingerprint density at radius 2 is 1.64 bits per heavy atom. The van der Waals surface area contributed by atoms with Gasteiger partial charge in [-0.15, -0.1) is 0 Å². The molecule has 186 valence electrons. The van der Waals surface area contributed by atoms with E-state index in [0.717, 1.165) is 6.07 Å². The van der Waals surface area contributed by atoms with Crippen LogP contribution in [0.15, 0.2) is 79.0 Å². The maximum absolute atomic E-state index is 13.9. The van der Waals surface area contributed by atoms with Crippen molar-refractivity contribution in [3.63, 3.8) is 0 Å². The number of halogens is 4. The molecule has 0 aliphatic carbocycles. The number of pyridine rings is 1. The maximum atomic E-state index is 13.9. The Kier molecular flexibility index (Phi) is 7.21. The summed E-state index contributed by atoms with van der Waals surface area (Å²) in [5, 5.41) is 2.80. The summed E-state index contributed by atoms with van der Waals surface area (Å²) in [6.45, 7) is 1.14. The second kappa shape index (κ2) is 10.3. The lowest BCUT2D eigenvalue weighted by molar-refractivity contribution is -0.137. The van der Waals surface area contributed by atoms with Gasteiger partial charge in [-0.3, -0.25) is 9.78 Å². The van der Waals surface area contributed by atoms with Crippen molar-refractivity contribution in [2.24, 2.45) is 0 Å². The summed E-state index contributed by atoms with van der Waals surface area (Å²) < 4.78 is 56.8. The average molecular weight is 497 g/mol. The first-order chi connectivity index (χ1) is 17.1. The lowest BCUT2D eigenvalue weighted by Crippen LogP contribution is -2.31. The standard InChI is InChI=1S/C27H24F4N4O/c1-34(2)16-15-32-26(36)19-9-12-22(33-17-19)25-14-13-23(18-7-10-20(28)11-8-18)35(25)24-6-4-3-5-21(24)27(29,30)31/h3-14,17H,15-16H2,1-2H3,(H,32,36). The molecular formula is C27H24F4N4O. The molecule has 1 amide bonds. The summed E-state index contributed by atoms with van der Waals surface area (Å²) in [4.78, 5) is 18.7. The van der Waals surface area contributed by atoms with Crippen molar-refractivity contribution in [1.82, 2.24) is 19.8 Å². The summed E-state index contributed by atoms with van der Waals surface area (Å²) in [6, 6.07) is 17.3. The van der Waals surface area contributed by atoms with Crippen molar-refractivity contribution in [3.05, 3.63) is 95.9 Å². The Hall–Kier alpha value is -3.98. The molecule has 9 heteroatoms. The number of aromatic nitrogens is 2. The Balaban J connectivity index is 1.79. The van der Waals surface area contributed by atoms with Gasteiger partial charge in [0.05, 0.1) is 33.9 Å². The van der Waals surface area contributed by atoms with E-state index in [1.165, 1.54) is 53.2 Å². The van der Waals surface area contributed by atoms with E-state index in [4.69, 9.17) is 0 Å². The van der Waals surface area contributed by atoms with E-state index in [2.05, 4.69) is 10.3 Å². The van der Waals surface area contributed by atoms with Crippen LogP contribution in [-0.4, -0.2) is 47.5 Å².